The normalized spacial score (nSPS) is 9.56. The van der Waals surface area contributed by atoms with Crippen LogP contribution in [0.25, 0.3) is 0 Å². The van der Waals surface area contributed by atoms with E-state index in [0.29, 0.717) is 5.71 Å². The maximum absolute atomic E-state index is 7.27. The molecule has 2 N–H and O–H groups in total. The molecule has 0 saturated carbocycles. The number of rotatable bonds is 1. The molecule has 9 heavy (non-hydrogen) atoms. The summed E-state index contributed by atoms with van der Waals surface area (Å²) in [6.07, 6.45) is 1.85. The van der Waals surface area contributed by atoms with Gasteiger partial charge in [0, 0.05) is 23.2 Å². The van der Waals surface area contributed by atoms with Crippen LogP contribution in [0.3, 0.4) is 0 Å². The van der Waals surface area contributed by atoms with Crippen molar-refractivity contribution in [2.75, 3.05) is 0 Å². The number of aromatic amines is 1. The molecule has 1 aromatic rings. The van der Waals surface area contributed by atoms with E-state index in [9.17, 15) is 0 Å². The fourth-order valence-corrected chi connectivity index (χ4v) is 0.859. The van der Waals surface area contributed by atoms with Crippen LogP contribution < -0.4 is 0 Å². The molecule has 0 aliphatic carbocycles. The molecule has 48 valence electrons. The standard InChI is InChI=1S/C7H10N2/c1-5(8)7-3-4-9-6(7)2/h3-4,8-9H,1-2H3. The predicted molar refractivity (Wildman–Crippen MR) is 38.0 cm³/mol. The highest BCUT2D eigenvalue weighted by Gasteiger charge is 1.97. The fraction of sp³-hybridized carbons (Fsp3) is 0.286. The molecule has 0 aliphatic rings. The van der Waals surface area contributed by atoms with E-state index < -0.39 is 0 Å². The van der Waals surface area contributed by atoms with Gasteiger partial charge in [0.15, 0.2) is 0 Å². The number of nitrogens with one attached hydrogen (secondary N) is 2. The van der Waals surface area contributed by atoms with Crippen LogP contribution in [0.1, 0.15) is 18.2 Å². The summed E-state index contributed by atoms with van der Waals surface area (Å²) in [7, 11) is 0. The molecule has 1 aromatic heterocycles. The summed E-state index contributed by atoms with van der Waals surface area (Å²) in [5, 5.41) is 7.27. The summed E-state index contributed by atoms with van der Waals surface area (Å²) < 4.78 is 0. The summed E-state index contributed by atoms with van der Waals surface area (Å²) in [5.74, 6) is 0. The minimum Gasteiger partial charge on any atom is -0.365 e. The molecule has 1 heterocycles. The zero-order valence-electron chi connectivity index (χ0n) is 5.65. The van der Waals surface area contributed by atoms with Crippen molar-refractivity contribution in [1.29, 1.82) is 5.41 Å². The van der Waals surface area contributed by atoms with Gasteiger partial charge in [-0.2, -0.15) is 0 Å². The zero-order chi connectivity index (χ0) is 6.85. The highest BCUT2D eigenvalue weighted by Crippen LogP contribution is 2.04. The Bertz CT molecular complexity index is 223. The second-order valence-electron chi connectivity index (χ2n) is 2.14. The molecule has 2 nitrogen and oxygen atoms in total. The van der Waals surface area contributed by atoms with Crippen LogP contribution in [0, 0.1) is 12.3 Å². The van der Waals surface area contributed by atoms with Crippen molar-refractivity contribution < 1.29 is 0 Å². The third kappa shape index (κ3) is 1.02. The van der Waals surface area contributed by atoms with Crippen molar-refractivity contribution in [1.82, 2.24) is 4.98 Å². The summed E-state index contributed by atoms with van der Waals surface area (Å²) in [4.78, 5) is 3.01. The molecule has 0 aliphatic heterocycles. The number of aryl methyl sites for hydroxylation is 1. The van der Waals surface area contributed by atoms with E-state index in [2.05, 4.69) is 4.98 Å². The van der Waals surface area contributed by atoms with Gasteiger partial charge >= 0.3 is 0 Å². The van der Waals surface area contributed by atoms with Gasteiger partial charge in [-0.3, -0.25) is 0 Å². The molecular weight excluding hydrogens is 112 g/mol. The molecule has 0 saturated heterocycles. The molecule has 0 radical (unpaired) electrons. The van der Waals surface area contributed by atoms with Gasteiger partial charge in [-0.25, -0.2) is 0 Å². The third-order valence-corrected chi connectivity index (χ3v) is 1.36. The van der Waals surface area contributed by atoms with Gasteiger partial charge in [0.25, 0.3) is 0 Å². The molecule has 2 heteroatoms. The molecule has 0 aromatic carbocycles. The van der Waals surface area contributed by atoms with E-state index in [0.717, 1.165) is 11.3 Å². The van der Waals surface area contributed by atoms with E-state index in [1.165, 1.54) is 0 Å². The Morgan fingerprint density at radius 2 is 2.33 bits per heavy atom. The second-order valence-corrected chi connectivity index (χ2v) is 2.14. The molecule has 0 atom stereocenters. The van der Waals surface area contributed by atoms with Crippen LogP contribution in [-0.2, 0) is 0 Å². The topological polar surface area (TPSA) is 39.6 Å². The van der Waals surface area contributed by atoms with Crippen molar-refractivity contribution in [2.45, 2.75) is 13.8 Å². The van der Waals surface area contributed by atoms with Crippen molar-refractivity contribution in [3.8, 4) is 0 Å². The van der Waals surface area contributed by atoms with E-state index in [-0.39, 0.29) is 0 Å². The van der Waals surface area contributed by atoms with Crippen molar-refractivity contribution in [3.63, 3.8) is 0 Å². The Kier molecular flexibility index (Phi) is 1.39. The number of H-pyrrole nitrogens is 1. The number of hydrogen-bond donors (Lipinski definition) is 2. The average molecular weight is 122 g/mol. The van der Waals surface area contributed by atoms with E-state index in [1.54, 1.807) is 6.92 Å². The van der Waals surface area contributed by atoms with Gasteiger partial charge in [-0.1, -0.05) is 0 Å². The fourth-order valence-electron chi connectivity index (χ4n) is 0.859. The predicted octanol–water partition coefficient (Wildman–Crippen LogP) is 1.71. The molecule has 0 spiro atoms. The first kappa shape index (κ1) is 6.08. The zero-order valence-corrected chi connectivity index (χ0v) is 5.65. The second kappa shape index (κ2) is 2.05. The number of hydrogen-bond acceptors (Lipinski definition) is 1. The third-order valence-electron chi connectivity index (χ3n) is 1.36. The quantitative estimate of drug-likeness (QED) is 0.532. The SMILES string of the molecule is CC(=N)c1cc[nH]c1C. The lowest BCUT2D eigenvalue weighted by Gasteiger charge is -1.92. The summed E-state index contributed by atoms with van der Waals surface area (Å²) in [5.41, 5.74) is 2.70. The van der Waals surface area contributed by atoms with Crippen LogP contribution in [0.15, 0.2) is 12.3 Å². The van der Waals surface area contributed by atoms with Gasteiger partial charge in [-0.05, 0) is 19.9 Å². The summed E-state index contributed by atoms with van der Waals surface area (Å²) in [6.45, 7) is 3.75. The Balaban J connectivity index is 3.08. The lowest BCUT2D eigenvalue weighted by atomic mass is 10.2. The van der Waals surface area contributed by atoms with Crippen LogP contribution in [0.5, 0.6) is 0 Å². The summed E-state index contributed by atoms with van der Waals surface area (Å²) >= 11 is 0. The van der Waals surface area contributed by atoms with Gasteiger partial charge < -0.3 is 10.4 Å². The monoisotopic (exact) mass is 122 g/mol. The van der Waals surface area contributed by atoms with Crippen LogP contribution in [-0.4, -0.2) is 10.7 Å². The van der Waals surface area contributed by atoms with Gasteiger partial charge in [0.1, 0.15) is 0 Å². The minimum atomic E-state index is 0.619. The molecule has 1 rings (SSSR count). The van der Waals surface area contributed by atoms with Crippen LogP contribution in [0.2, 0.25) is 0 Å². The first-order valence-electron chi connectivity index (χ1n) is 2.91. The van der Waals surface area contributed by atoms with Crippen LogP contribution >= 0.6 is 0 Å². The average Bonchev–Trinajstić information content (AvgIpc) is 2.13. The van der Waals surface area contributed by atoms with Gasteiger partial charge in [0.2, 0.25) is 0 Å². The van der Waals surface area contributed by atoms with E-state index >= 15 is 0 Å². The maximum Gasteiger partial charge on any atom is 0.0373 e. The van der Waals surface area contributed by atoms with E-state index in [4.69, 9.17) is 5.41 Å². The molecule has 0 amide bonds. The molecular formula is C7H10N2. The van der Waals surface area contributed by atoms with Crippen molar-refractivity contribution in [2.24, 2.45) is 0 Å². The Morgan fingerprint density at radius 1 is 1.67 bits per heavy atom. The largest absolute Gasteiger partial charge is 0.365 e. The van der Waals surface area contributed by atoms with Crippen molar-refractivity contribution >= 4 is 5.71 Å². The first-order chi connectivity index (χ1) is 4.22. The Hall–Kier alpha value is -1.05. The molecule has 0 unspecified atom stereocenters. The lowest BCUT2D eigenvalue weighted by Crippen LogP contribution is -1.91. The maximum atomic E-state index is 7.27. The highest BCUT2D eigenvalue weighted by atomic mass is 14.7. The first-order valence-corrected chi connectivity index (χ1v) is 2.91. The Morgan fingerprint density at radius 3 is 2.56 bits per heavy atom. The lowest BCUT2D eigenvalue weighted by molar-refractivity contribution is 1.25. The highest BCUT2D eigenvalue weighted by molar-refractivity contribution is 5.97. The van der Waals surface area contributed by atoms with Crippen molar-refractivity contribution in [3.05, 3.63) is 23.5 Å². The van der Waals surface area contributed by atoms with Gasteiger partial charge in [0.05, 0.1) is 0 Å². The summed E-state index contributed by atoms with van der Waals surface area (Å²) in [6, 6.07) is 1.91. The molecule has 0 fully saturated rings. The Labute approximate surface area is 54.4 Å². The van der Waals surface area contributed by atoms with E-state index in [1.807, 2.05) is 19.2 Å². The minimum absolute atomic E-state index is 0.619. The molecule has 0 bridgehead atoms. The van der Waals surface area contributed by atoms with Crippen LogP contribution in [0.4, 0.5) is 0 Å². The smallest absolute Gasteiger partial charge is 0.0373 e. The number of aromatic nitrogens is 1. The van der Waals surface area contributed by atoms with Gasteiger partial charge in [-0.15, -0.1) is 0 Å².